The molecule has 0 fully saturated rings. The minimum atomic E-state index is 0.651. The number of nitrogens with zero attached hydrogens (tertiary/aromatic N) is 5. The fourth-order valence-electron chi connectivity index (χ4n) is 2.21. The van der Waals surface area contributed by atoms with Gasteiger partial charge in [0.05, 0.1) is 18.7 Å². The fourth-order valence-corrected chi connectivity index (χ4v) is 3.05. The third-order valence-electron chi connectivity index (χ3n) is 3.45. The van der Waals surface area contributed by atoms with Crippen molar-refractivity contribution in [3.05, 3.63) is 59.2 Å². The zero-order valence-electron chi connectivity index (χ0n) is 13.3. The molecule has 0 aliphatic carbocycles. The molecule has 0 amide bonds. The van der Waals surface area contributed by atoms with Crippen LogP contribution in [0.15, 0.2) is 47.6 Å². The Labute approximate surface area is 144 Å². The van der Waals surface area contributed by atoms with Gasteiger partial charge in [-0.2, -0.15) is 9.94 Å². The monoisotopic (exact) mass is 337 g/mol. The van der Waals surface area contributed by atoms with E-state index in [-0.39, 0.29) is 0 Å². The number of benzene rings is 2. The molecule has 120 valence electrons. The van der Waals surface area contributed by atoms with Crippen LogP contribution in [0.5, 0.6) is 5.75 Å². The predicted molar refractivity (Wildman–Crippen MR) is 91.2 cm³/mol. The second-order valence-corrected chi connectivity index (χ2v) is 6.09. The molecule has 1 heterocycles. The third kappa shape index (κ3) is 3.39. The molecule has 24 heavy (non-hydrogen) atoms. The van der Waals surface area contributed by atoms with E-state index in [1.165, 1.54) is 11.8 Å². The van der Waals surface area contributed by atoms with E-state index in [0.29, 0.717) is 22.2 Å². The molecule has 0 unspecified atom stereocenters. The smallest absolute Gasteiger partial charge is 0.214 e. The number of hydrogen-bond acceptors (Lipinski definition) is 6. The van der Waals surface area contributed by atoms with Crippen LogP contribution in [-0.2, 0) is 5.75 Å². The second kappa shape index (κ2) is 7.15. The van der Waals surface area contributed by atoms with Gasteiger partial charge in [0, 0.05) is 5.75 Å². The lowest BCUT2D eigenvalue weighted by Gasteiger charge is -2.10. The Morgan fingerprint density at radius 2 is 2.00 bits per heavy atom. The molecule has 0 radical (unpaired) electrons. The highest BCUT2D eigenvalue weighted by atomic mass is 32.2. The molecule has 0 bridgehead atoms. The van der Waals surface area contributed by atoms with Gasteiger partial charge in [0.25, 0.3) is 0 Å². The quantitative estimate of drug-likeness (QED) is 0.666. The van der Waals surface area contributed by atoms with E-state index in [1.807, 2.05) is 49.4 Å². The Bertz CT molecular complexity index is 883. The zero-order chi connectivity index (χ0) is 16.9. The van der Waals surface area contributed by atoms with Gasteiger partial charge in [-0.25, -0.2) is 0 Å². The summed E-state index contributed by atoms with van der Waals surface area (Å²) in [6.45, 7) is 2.01. The Kier molecular flexibility index (Phi) is 4.77. The van der Waals surface area contributed by atoms with Gasteiger partial charge in [0.15, 0.2) is 0 Å². The maximum Gasteiger partial charge on any atom is 0.214 e. The SMILES string of the molecule is COc1ccc(C)cc1-n1nnnc1SCc1ccc(C#N)cc1. The minimum absolute atomic E-state index is 0.651. The van der Waals surface area contributed by atoms with Crippen LogP contribution < -0.4 is 4.74 Å². The summed E-state index contributed by atoms with van der Waals surface area (Å²) in [4.78, 5) is 0. The summed E-state index contributed by atoms with van der Waals surface area (Å²) >= 11 is 1.53. The van der Waals surface area contributed by atoms with Gasteiger partial charge < -0.3 is 4.74 Å². The van der Waals surface area contributed by atoms with E-state index in [0.717, 1.165) is 16.8 Å². The number of ether oxygens (including phenoxy) is 1. The van der Waals surface area contributed by atoms with Gasteiger partial charge in [-0.05, 0) is 52.7 Å². The molecule has 0 aliphatic heterocycles. The van der Waals surface area contributed by atoms with Crippen LogP contribution in [-0.4, -0.2) is 27.3 Å². The molecule has 3 aromatic rings. The molecular weight excluding hydrogens is 322 g/mol. The molecule has 0 saturated carbocycles. The van der Waals surface area contributed by atoms with Crippen molar-refractivity contribution in [2.45, 2.75) is 17.8 Å². The fraction of sp³-hybridized carbons (Fsp3) is 0.176. The molecule has 0 N–H and O–H groups in total. The molecule has 1 aromatic heterocycles. The average molecular weight is 337 g/mol. The van der Waals surface area contributed by atoms with Crippen LogP contribution >= 0.6 is 11.8 Å². The zero-order valence-corrected chi connectivity index (χ0v) is 14.1. The summed E-state index contributed by atoms with van der Waals surface area (Å²) in [5.74, 6) is 1.42. The highest BCUT2D eigenvalue weighted by Crippen LogP contribution is 2.28. The summed E-state index contributed by atoms with van der Waals surface area (Å²) in [6.07, 6.45) is 0. The van der Waals surface area contributed by atoms with Gasteiger partial charge in [0.1, 0.15) is 11.4 Å². The Morgan fingerprint density at radius 3 is 2.71 bits per heavy atom. The van der Waals surface area contributed by atoms with Crippen molar-refractivity contribution in [3.8, 4) is 17.5 Å². The average Bonchev–Trinajstić information content (AvgIpc) is 3.08. The van der Waals surface area contributed by atoms with E-state index in [2.05, 4.69) is 21.6 Å². The van der Waals surface area contributed by atoms with Gasteiger partial charge in [-0.3, -0.25) is 0 Å². The van der Waals surface area contributed by atoms with Crippen molar-refractivity contribution < 1.29 is 4.74 Å². The summed E-state index contributed by atoms with van der Waals surface area (Å²) in [5, 5.41) is 21.5. The third-order valence-corrected chi connectivity index (χ3v) is 4.44. The summed E-state index contributed by atoms with van der Waals surface area (Å²) in [6, 6.07) is 15.5. The Morgan fingerprint density at radius 1 is 1.21 bits per heavy atom. The molecule has 6 nitrogen and oxygen atoms in total. The van der Waals surface area contributed by atoms with Crippen LogP contribution in [0, 0.1) is 18.3 Å². The molecule has 3 rings (SSSR count). The molecule has 7 heteroatoms. The topological polar surface area (TPSA) is 76.6 Å². The maximum absolute atomic E-state index is 8.85. The summed E-state index contributed by atoms with van der Waals surface area (Å²) in [5.41, 5.74) is 3.66. The number of methoxy groups -OCH3 is 1. The van der Waals surface area contributed by atoms with Crippen molar-refractivity contribution in [1.29, 1.82) is 5.26 Å². The van der Waals surface area contributed by atoms with Crippen molar-refractivity contribution in [2.75, 3.05) is 7.11 Å². The predicted octanol–water partition coefficient (Wildman–Crippen LogP) is 3.14. The first-order chi connectivity index (χ1) is 11.7. The highest BCUT2D eigenvalue weighted by molar-refractivity contribution is 7.98. The first-order valence-electron chi connectivity index (χ1n) is 7.26. The number of aromatic nitrogens is 4. The van der Waals surface area contributed by atoms with E-state index in [1.54, 1.807) is 11.8 Å². The van der Waals surface area contributed by atoms with E-state index >= 15 is 0 Å². The normalized spacial score (nSPS) is 10.4. The van der Waals surface area contributed by atoms with Gasteiger partial charge >= 0.3 is 0 Å². The number of rotatable bonds is 5. The summed E-state index contributed by atoms with van der Waals surface area (Å²) < 4.78 is 7.09. The van der Waals surface area contributed by atoms with Crippen molar-refractivity contribution in [3.63, 3.8) is 0 Å². The molecule has 0 atom stereocenters. The second-order valence-electron chi connectivity index (χ2n) is 5.15. The number of nitriles is 1. The van der Waals surface area contributed by atoms with Gasteiger partial charge in [-0.1, -0.05) is 30.0 Å². The first-order valence-corrected chi connectivity index (χ1v) is 8.25. The van der Waals surface area contributed by atoms with Crippen molar-refractivity contribution in [2.24, 2.45) is 0 Å². The Balaban J connectivity index is 1.83. The maximum atomic E-state index is 8.85. The number of tetrazole rings is 1. The lowest BCUT2D eigenvalue weighted by Crippen LogP contribution is -2.02. The molecule has 0 spiro atoms. The number of thioether (sulfide) groups is 1. The molecule has 0 aliphatic rings. The number of hydrogen-bond donors (Lipinski definition) is 0. The Hall–Kier alpha value is -2.85. The van der Waals surface area contributed by atoms with Gasteiger partial charge in [-0.15, -0.1) is 5.10 Å². The van der Waals surface area contributed by atoms with Crippen molar-refractivity contribution in [1.82, 2.24) is 20.2 Å². The van der Waals surface area contributed by atoms with Gasteiger partial charge in [0.2, 0.25) is 5.16 Å². The van der Waals surface area contributed by atoms with E-state index in [9.17, 15) is 0 Å². The first kappa shape index (κ1) is 16.0. The summed E-state index contributed by atoms with van der Waals surface area (Å²) in [7, 11) is 1.63. The highest BCUT2D eigenvalue weighted by Gasteiger charge is 2.13. The standard InChI is InChI=1S/C17H15N5OS/c1-12-3-8-16(23-2)15(9-12)22-17(19-20-21-22)24-11-14-6-4-13(10-18)5-7-14/h3-9H,11H2,1-2H3. The largest absolute Gasteiger partial charge is 0.494 e. The molecular formula is C17H15N5OS. The molecule has 0 saturated heterocycles. The van der Waals surface area contributed by atoms with E-state index in [4.69, 9.17) is 10.00 Å². The van der Waals surface area contributed by atoms with Crippen LogP contribution in [0.3, 0.4) is 0 Å². The van der Waals surface area contributed by atoms with Crippen molar-refractivity contribution >= 4 is 11.8 Å². The number of aryl methyl sites for hydroxylation is 1. The molecule has 2 aromatic carbocycles. The van der Waals surface area contributed by atoms with Crippen LogP contribution in [0.1, 0.15) is 16.7 Å². The van der Waals surface area contributed by atoms with Crippen LogP contribution in [0.25, 0.3) is 5.69 Å². The van der Waals surface area contributed by atoms with E-state index < -0.39 is 0 Å². The lowest BCUT2D eigenvalue weighted by atomic mass is 10.2. The minimum Gasteiger partial charge on any atom is -0.494 e. The lowest BCUT2D eigenvalue weighted by molar-refractivity contribution is 0.410. The van der Waals surface area contributed by atoms with Crippen LogP contribution in [0.4, 0.5) is 0 Å². The van der Waals surface area contributed by atoms with Crippen LogP contribution in [0.2, 0.25) is 0 Å².